The summed E-state index contributed by atoms with van der Waals surface area (Å²) in [4.78, 5) is 0. The highest BCUT2D eigenvalue weighted by Crippen LogP contribution is 2.31. The van der Waals surface area contributed by atoms with Gasteiger partial charge in [0.05, 0.1) is 20.3 Å². The Kier molecular flexibility index (Phi) is 5.26. The number of halogens is 1. The van der Waals surface area contributed by atoms with Crippen molar-refractivity contribution in [1.82, 2.24) is 0 Å². The Morgan fingerprint density at radius 2 is 1.86 bits per heavy atom. The van der Waals surface area contributed by atoms with Crippen LogP contribution >= 0.6 is 15.9 Å². The standard InChI is InChI=1S/C17H19BrO3/c1-11-4-6-14(17(8-11)21-3)16(19)10-12-9-13(20-2)5-7-15(12)18/h4-9,16,19H,10H2,1-3H3. The van der Waals surface area contributed by atoms with E-state index in [4.69, 9.17) is 9.47 Å². The number of hydrogen-bond donors (Lipinski definition) is 1. The summed E-state index contributed by atoms with van der Waals surface area (Å²) in [5, 5.41) is 10.5. The zero-order chi connectivity index (χ0) is 15.4. The highest BCUT2D eigenvalue weighted by atomic mass is 79.9. The maximum absolute atomic E-state index is 10.5. The second-order valence-electron chi connectivity index (χ2n) is 4.92. The minimum atomic E-state index is -0.635. The van der Waals surface area contributed by atoms with E-state index >= 15 is 0 Å². The van der Waals surface area contributed by atoms with Crippen LogP contribution in [0.15, 0.2) is 40.9 Å². The molecule has 4 heteroatoms. The monoisotopic (exact) mass is 350 g/mol. The molecule has 0 bridgehead atoms. The molecule has 0 saturated carbocycles. The normalized spacial score (nSPS) is 12.0. The Morgan fingerprint density at radius 3 is 2.52 bits per heavy atom. The first kappa shape index (κ1) is 15.9. The fourth-order valence-electron chi connectivity index (χ4n) is 2.25. The molecule has 0 radical (unpaired) electrons. The van der Waals surface area contributed by atoms with Gasteiger partial charge in [0, 0.05) is 16.5 Å². The Balaban J connectivity index is 2.27. The molecule has 2 aromatic rings. The summed E-state index contributed by atoms with van der Waals surface area (Å²) in [7, 11) is 3.25. The lowest BCUT2D eigenvalue weighted by atomic mass is 9.99. The minimum Gasteiger partial charge on any atom is -0.497 e. The van der Waals surface area contributed by atoms with Crippen molar-refractivity contribution in [2.45, 2.75) is 19.4 Å². The van der Waals surface area contributed by atoms with E-state index in [9.17, 15) is 5.11 Å². The van der Waals surface area contributed by atoms with Crippen LogP contribution in [0.4, 0.5) is 0 Å². The van der Waals surface area contributed by atoms with Crippen molar-refractivity contribution in [1.29, 1.82) is 0 Å². The van der Waals surface area contributed by atoms with E-state index in [-0.39, 0.29) is 0 Å². The second-order valence-corrected chi connectivity index (χ2v) is 5.78. The Morgan fingerprint density at radius 1 is 1.10 bits per heavy atom. The summed E-state index contributed by atoms with van der Waals surface area (Å²) < 4.78 is 11.5. The zero-order valence-corrected chi connectivity index (χ0v) is 14.0. The van der Waals surface area contributed by atoms with Crippen LogP contribution in [0, 0.1) is 6.92 Å². The second kappa shape index (κ2) is 6.96. The molecule has 112 valence electrons. The van der Waals surface area contributed by atoms with Crippen molar-refractivity contribution >= 4 is 15.9 Å². The van der Waals surface area contributed by atoms with Gasteiger partial charge in [0.25, 0.3) is 0 Å². The zero-order valence-electron chi connectivity index (χ0n) is 12.4. The van der Waals surface area contributed by atoms with Gasteiger partial charge in [0.2, 0.25) is 0 Å². The average Bonchev–Trinajstić information content (AvgIpc) is 2.49. The maximum atomic E-state index is 10.5. The van der Waals surface area contributed by atoms with Gasteiger partial charge in [-0.25, -0.2) is 0 Å². The molecule has 0 heterocycles. The molecule has 0 aliphatic rings. The van der Waals surface area contributed by atoms with Crippen LogP contribution in [0.5, 0.6) is 11.5 Å². The Hall–Kier alpha value is -1.52. The molecule has 1 unspecified atom stereocenters. The van der Waals surface area contributed by atoms with Crippen molar-refractivity contribution in [3.63, 3.8) is 0 Å². The van der Waals surface area contributed by atoms with Gasteiger partial charge in [0.1, 0.15) is 11.5 Å². The maximum Gasteiger partial charge on any atom is 0.124 e. The van der Waals surface area contributed by atoms with Gasteiger partial charge in [-0.1, -0.05) is 28.1 Å². The van der Waals surface area contributed by atoms with Crippen molar-refractivity contribution in [3.05, 3.63) is 57.6 Å². The first-order valence-electron chi connectivity index (χ1n) is 6.70. The predicted molar refractivity (Wildman–Crippen MR) is 87.1 cm³/mol. The largest absolute Gasteiger partial charge is 0.497 e. The minimum absolute atomic E-state index is 0.483. The van der Waals surface area contributed by atoms with Gasteiger partial charge in [-0.05, 0) is 42.3 Å². The number of aliphatic hydroxyl groups excluding tert-OH is 1. The van der Waals surface area contributed by atoms with Crippen LogP contribution in [0.3, 0.4) is 0 Å². The molecular formula is C17H19BrO3. The van der Waals surface area contributed by atoms with Crippen molar-refractivity contribution < 1.29 is 14.6 Å². The summed E-state index contributed by atoms with van der Waals surface area (Å²) in [6, 6.07) is 11.5. The quantitative estimate of drug-likeness (QED) is 0.883. The number of aryl methyl sites for hydroxylation is 1. The number of hydrogen-bond acceptors (Lipinski definition) is 3. The lowest BCUT2D eigenvalue weighted by Crippen LogP contribution is -2.05. The molecule has 0 spiro atoms. The van der Waals surface area contributed by atoms with E-state index in [1.54, 1.807) is 14.2 Å². The molecule has 2 rings (SSSR count). The van der Waals surface area contributed by atoms with Crippen LogP contribution in [-0.2, 0) is 6.42 Å². The van der Waals surface area contributed by atoms with Gasteiger partial charge in [-0.3, -0.25) is 0 Å². The number of methoxy groups -OCH3 is 2. The third kappa shape index (κ3) is 3.77. The predicted octanol–water partition coefficient (Wildman–Crippen LogP) is 4.05. The summed E-state index contributed by atoms with van der Waals surface area (Å²) >= 11 is 3.51. The molecule has 3 nitrogen and oxygen atoms in total. The van der Waals surface area contributed by atoms with Gasteiger partial charge >= 0.3 is 0 Å². The molecule has 21 heavy (non-hydrogen) atoms. The van der Waals surface area contributed by atoms with Gasteiger partial charge in [-0.15, -0.1) is 0 Å². The molecule has 0 aromatic heterocycles. The fraction of sp³-hybridized carbons (Fsp3) is 0.294. The molecule has 0 aliphatic heterocycles. The molecular weight excluding hydrogens is 332 g/mol. The highest BCUT2D eigenvalue weighted by Gasteiger charge is 2.16. The molecule has 0 aliphatic carbocycles. The van der Waals surface area contributed by atoms with Crippen molar-refractivity contribution in [3.8, 4) is 11.5 Å². The summed E-state index contributed by atoms with van der Waals surface area (Å²) in [6.45, 7) is 2.00. The first-order valence-corrected chi connectivity index (χ1v) is 7.49. The van der Waals surface area contributed by atoms with Crippen LogP contribution in [0.1, 0.15) is 22.8 Å². The third-order valence-corrected chi connectivity index (χ3v) is 4.19. The number of rotatable bonds is 5. The van der Waals surface area contributed by atoms with Crippen LogP contribution in [0.2, 0.25) is 0 Å². The van der Waals surface area contributed by atoms with Crippen LogP contribution in [0.25, 0.3) is 0 Å². The molecule has 2 aromatic carbocycles. The van der Waals surface area contributed by atoms with E-state index in [0.29, 0.717) is 12.2 Å². The SMILES string of the molecule is COc1ccc(Br)c(CC(O)c2ccc(C)cc2OC)c1. The number of aliphatic hydroxyl groups is 1. The lowest BCUT2D eigenvalue weighted by molar-refractivity contribution is 0.173. The van der Waals surface area contributed by atoms with Gasteiger partial charge in [-0.2, -0.15) is 0 Å². The highest BCUT2D eigenvalue weighted by molar-refractivity contribution is 9.10. The Labute approximate surface area is 133 Å². The number of ether oxygens (including phenoxy) is 2. The lowest BCUT2D eigenvalue weighted by Gasteiger charge is -2.16. The van der Waals surface area contributed by atoms with Crippen LogP contribution in [-0.4, -0.2) is 19.3 Å². The third-order valence-electron chi connectivity index (χ3n) is 3.41. The van der Waals surface area contributed by atoms with E-state index in [2.05, 4.69) is 15.9 Å². The molecule has 1 N–H and O–H groups in total. The van der Waals surface area contributed by atoms with E-state index in [0.717, 1.165) is 26.9 Å². The average molecular weight is 351 g/mol. The summed E-state index contributed by atoms with van der Waals surface area (Å²) in [6.07, 6.45) is -0.152. The van der Waals surface area contributed by atoms with E-state index in [1.807, 2.05) is 43.3 Å². The van der Waals surface area contributed by atoms with Crippen LogP contribution < -0.4 is 9.47 Å². The topological polar surface area (TPSA) is 38.7 Å². The summed E-state index contributed by atoms with van der Waals surface area (Å²) in [5.74, 6) is 1.48. The van der Waals surface area contributed by atoms with Gasteiger partial charge in [0.15, 0.2) is 0 Å². The van der Waals surface area contributed by atoms with Gasteiger partial charge < -0.3 is 14.6 Å². The molecule has 1 atom stereocenters. The smallest absolute Gasteiger partial charge is 0.124 e. The fourth-order valence-corrected chi connectivity index (χ4v) is 2.65. The first-order chi connectivity index (χ1) is 10.0. The Bertz CT molecular complexity index is 625. The van der Waals surface area contributed by atoms with E-state index in [1.165, 1.54) is 0 Å². The van der Waals surface area contributed by atoms with Crippen molar-refractivity contribution in [2.75, 3.05) is 14.2 Å². The van der Waals surface area contributed by atoms with Crippen molar-refractivity contribution in [2.24, 2.45) is 0 Å². The molecule has 0 amide bonds. The summed E-state index contributed by atoms with van der Waals surface area (Å²) in [5.41, 5.74) is 2.88. The number of benzene rings is 2. The molecule has 0 fully saturated rings. The van der Waals surface area contributed by atoms with E-state index < -0.39 is 6.10 Å². The molecule has 0 saturated heterocycles.